The molecule has 7 N–H and O–H groups in total. The lowest BCUT2D eigenvalue weighted by Crippen LogP contribution is -2.21. The fourth-order valence-corrected chi connectivity index (χ4v) is 1.02. The number of nitrogen functional groups attached to an aromatic ring is 1. The fourth-order valence-electron chi connectivity index (χ4n) is 1.02. The van der Waals surface area contributed by atoms with Crippen molar-refractivity contribution in [1.29, 1.82) is 0 Å². The van der Waals surface area contributed by atoms with E-state index in [1.807, 2.05) is 0 Å². The van der Waals surface area contributed by atoms with Crippen LogP contribution >= 0.6 is 0 Å². The molecule has 1 atom stereocenters. The van der Waals surface area contributed by atoms with Crippen molar-refractivity contribution in [3.8, 4) is 5.75 Å². The lowest BCUT2D eigenvalue weighted by molar-refractivity contribution is 0.456. The van der Waals surface area contributed by atoms with Crippen LogP contribution in [0.5, 0.6) is 5.75 Å². The van der Waals surface area contributed by atoms with Crippen LogP contribution < -0.4 is 17.2 Å². The van der Waals surface area contributed by atoms with Crippen LogP contribution in [-0.2, 0) is 0 Å². The first kappa shape index (κ1) is 9.76. The van der Waals surface area contributed by atoms with E-state index in [0.717, 1.165) is 6.07 Å². The van der Waals surface area contributed by atoms with Crippen molar-refractivity contribution < 1.29 is 9.50 Å². The zero-order valence-corrected chi connectivity index (χ0v) is 7.00. The predicted molar refractivity (Wildman–Crippen MR) is 48.5 cm³/mol. The predicted octanol–water partition coefficient (Wildman–Crippen LogP) is 0.0720. The van der Waals surface area contributed by atoms with Gasteiger partial charge in [-0.15, -0.1) is 0 Å². The van der Waals surface area contributed by atoms with Crippen LogP contribution in [0.15, 0.2) is 12.1 Å². The van der Waals surface area contributed by atoms with Gasteiger partial charge in [-0.25, -0.2) is 4.39 Å². The van der Waals surface area contributed by atoms with Gasteiger partial charge in [-0.3, -0.25) is 0 Å². The minimum absolute atomic E-state index is 0.0447. The Kier molecular flexibility index (Phi) is 2.69. The Balaban J connectivity index is 3.15. The van der Waals surface area contributed by atoms with Gasteiger partial charge in [-0.1, -0.05) is 0 Å². The molecule has 72 valence electrons. The average molecular weight is 185 g/mol. The van der Waals surface area contributed by atoms with E-state index < -0.39 is 11.9 Å². The number of nitrogens with two attached hydrogens (primary N) is 3. The van der Waals surface area contributed by atoms with Crippen molar-refractivity contribution in [3.05, 3.63) is 23.5 Å². The standard InChI is InChI=1S/C8H12FN3O/c9-5-2-8(13)4(1-6(5)11)7(12)3-10/h1-2,7,13H,3,10-12H2/t7-/m1/s1. The maximum Gasteiger partial charge on any atom is 0.149 e. The number of hydrogen-bond acceptors (Lipinski definition) is 4. The summed E-state index contributed by atoms with van der Waals surface area (Å²) in [4.78, 5) is 0. The number of rotatable bonds is 2. The zero-order chi connectivity index (χ0) is 10.0. The van der Waals surface area contributed by atoms with Crippen LogP contribution in [0, 0.1) is 5.82 Å². The van der Waals surface area contributed by atoms with Crippen molar-refractivity contribution in [1.82, 2.24) is 0 Å². The highest BCUT2D eigenvalue weighted by Crippen LogP contribution is 2.26. The van der Waals surface area contributed by atoms with Crippen LogP contribution in [0.4, 0.5) is 10.1 Å². The smallest absolute Gasteiger partial charge is 0.149 e. The first-order valence-corrected chi connectivity index (χ1v) is 3.79. The molecule has 0 aliphatic carbocycles. The first-order valence-electron chi connectivity index (χ1n) is 3.79. The first-order chi connectivity index (χ1) is 6.06. The van der Waals surface area contributed by atoms with Gasteiger partial charge in [0, 0.05) is 24.2 Å². The summed E-state index contributed by atoms with van der Waals surface area (Å²) in [5, 5.41) is 9.29. The minimum atomic E-state index is -0.662. The largest absolute Gasteiger partial charge is 0.507 e. The highest BCUT2D eigenvalue weighted by atomic mass is 19.1. The second kappa shape index (κ2) is 3.59. The van der Waals surface area contributed by atoms with Gasteiger partial charge in [0.2, 0.25) is 0 Å². The van der Waals surface area contributed by atoms with Crippen molar-refractivity contribution in [2.24, 2.45) is 11.5 Å². The van der Waals surface area contributed by atoms with Gasteiger partial charge in [0.15, 0.2) is 0 Å². The van der Waals surface area contributed by atoms with E-state index >= 15 is 0 Å². The highest BCUT2D eigenvalue weighted by Gasteiger charge is 2.12. The van der Waals surface area contributed by atoms with Crippen LogP contribution in [0.3, 0.4) is 0 Å². The van der Waals surface area contributed by atoms with Crippen molar-refractivity contribution >= 4 is 5.69 Å². The summed E-state index contributed by atoms with van der Waals surface area (Å²) in [7, 11) is 0. The molecule has 0 unspecified atom stereocenters. The summed E-state index contributed by atoms with van der Waals surface area (Å²) in [6.45, 7) is 0.165. The number of halogens is 1. The third-order valence-corrected chi connectivity index (χ3v) is 1.80. The normalized spacial score (nSPS) is 12.8. The molecule has 4 nitrogen and oxygen atoms in total. The van der Waals surface area contributed by atoms with E-state index in [-0.39, 0.29) is 18.0 Å². The number of phenolic OH excluding ortho intramolecular Hbond substituents is 1. The Morgan fingerprint density at radius 1 is 1.46 bits per heavy atom. The Bertz CT molecular complexity index is 317. The molecule has 0 radical (unpaired) electrons. The zero-order valence-electron chi connectivity index (χ0n) is 7.00. The van der Waals surface area contributed by atoms with E-state index in [9.17, 15) is 9.50 Å². The summed E-state index contributed by atoms with van der Waals surface area (Å²) in [6, 6.07) is 1.70. The molecular formula is C8H12FN3O. The molecule has 0 aliphatic heterocycles. The van der Waals surface area contributed by atoms with Crippen LogP contribution in [0.2, 0.25) is 0 Å². The number of aromatic hydroxyl groups is 1. The minimum Gasteiger partial charge on any atom is -0.507 e. The highest BCUT2D eigenvalue weighted by molar-refractivity contribution is 5.49. The molecule has 0 fully saturated rings. The molecule has 0 saturated carbocycles. The van der Waals surface area contributed by atoms with Gasteiger partial charge in [-0.2, -0.15) is 0 Å². The Hall–Kier alpha value is -1.33. The van der Waals surface area contributed by atoms with Gasteiger partial charge in [0.25, 0.3) is 0 Å². The maximum absolute atomic E-state index is 12.8. The van der Waals surface area contributed by atoms with E-state index in [1.165, 1.54) is 6.07 Å². The summed E-state index contributed by atoms with van der Waals surface area (Å²) < 4.78 is 12.8. The molecule has 0 spiro atoms. The molecule has 5 heteroatoms. The molecule has 0 saturated heterocycles. The summed E-state index contributed by atoms with van der Waals surface area (Å²) in [5.41, 5.74) is 16.5. The molecule has 0 aliphatic rings. The SMILES string of the molecule is NC[C@@H](N)c1cc(N)c(F)cc1O. The van der Waals surface area contributed by atoms with Crippen LogP contribution in [0.25, 0.3) is 0 Å². The van der Waals surface area contributed by atoms with Crippen LogP contribution in [-0.4, -0.2) is 11.7 Å². The van der Waals surface area contributed by atoms with Crippen molar-refractivity contribution in [2.45, 2.75) is 6.04 Å². The maximum atomic E-state index is 12.8. The molecule has 0 bridgehead atoms. The number of hydrogen-bond donors (Lipinski definition) is 4. The topological polar surface area (TPSA) is 98.3 Å². The molecule has 1 aromatic rings. The number of benzene rings is 1. The van der Waals surface area contributed by atoms with Crippen LogP contribution in [0.1, 0.15) is 11.6 Å². The summed E-state index contributed by atoms with van der Waals surface area (Å²) >= 11 is 0. The molecule has 1 aromatic carbocycles. The van der Waals surface area contributed by atoms with Crippen molar-refractivity contribution in [3.63, 3.8) is 0 Å². The van der Waals surface area contributed by atoms with E-state index in [0.29, 0.717) is 5.56 Å². The Morgan fingerprint density at radius 2 is 2.08 bits per heavy atom. The second-order valence-corrected chi connectivity index (χ2v) is 2.77. The third-order valence-electron chi connectivity index (χ3n) is 1.80. The number of phenols is 1. The molecule has 0 aromatic heterocycles. The molecule has 0 amide bonds. The van der Waals surface area contributed by atoms with E-state index in [4.69, 9.17) is 17.2 Å². The van der Waals surface area contributed by atoms with Gasteiger partial charge in [-0.05, 0) is 6.07 Å². The summed E-state index contributed by atoms with van der Waals surface area (Å²) in [6.07, 6.45) is 0. The van der Waals surface area contributed by atoms with Gasteiger partial charge >= 0.3 is 0 Å². The average Bonchev–Trinajstić information content (AvgIpc) is 2.10. The molecule has 13 heavy (non-hydrogen) atoms. The van der Waals surface area contributed by atoms with Gasteiger partial charge in [0.05, 0.1) is 5.69 Å². The summed E-state index contributed by atoms with van der Waals surface area (Å²) in [5.74, 6) is -0.880. The second-order valence-electron chi connectivity index (χ2n) is 2.77. The lowest BCUT2D eigenvalue weighted by atomic mass is 10.1. The quantitative estimate of drug-likeness (QED) is 0.387. The fraction of sp³-hybridized carbons (Fsp3) is 0.250. The van der Waals surface area contributed by atoms with Gasteiger partial charge in [0.1, 0.15) is 11.6 Å². The van der Waals surface area contributed by atoms with Gasteiger partial charge < -0.3 is 22.3 Å². The molecule has 0 heterocycles. The Morgan fingerprint density at radius 3 is 2.62 bits per heavy atom. The number of anilines is 1. The Labute approximate surface area is 75.1 Å². The molecule has 1 rings (SSSR count). The van der Waals surface area contributed by atoms with E-state index in [1.54, 1.807) is 0 Å². The van der Waals surface area contributed by atoms with E-state index in [2.05, 4.69) is 0 Å². The molecular weight excluding hydrogens is 173 g/mol. The van der Waals surface area contributed by atoms with Crippen molar-refractivity contribution in [2.75, 3.05) is 12.3 Å². The third kappa shape index (κ3) is 1.88. The monoisotopic (exact) mass is 185 g/mol. The lowest BCUT2D eigenvalue weighted by Gasteiger charge is -2.12.